The van der Waals surface area contributed by atoms with Gasteiger partial charge in [0.1, 0.15) is 0 Å². The number of aromatic amines is 2. The first kappa shape index (κ1) is 23.9. The predicted octanol–water partition coefficient (Wildman–Crippen LogP) is 3.11. The van der Waals surface area contributed by atoms with Crippen LogP contribution in [0.2, 0.25) is 0 Å². The van der Waals surface area contributed by atoms with Crippen LogP contribution in [0.3, 0.4) is 0 Å². The van der Waals surface area contributed by atoms with E-state index in [1.807, 2.05) is 60.6 Å². The smallest absolute Gasteiger partial charge is 0.314 e. The van der Waals surface area contributed by atoms with Crippen LogP contribution < -0.4 is 16.4 Å². The first-order valence-corrected chi connectivity index (χ1v) is 8.29. The van der Waals surface area contributed by atoms with E-state index in [1.165, 1.54) is 6.92 Å². The molecule has 0 saturated carbocycles. The van der Waals surface area contributed by atoms with Crippen molar-refractivity contribution < 1.29 is 4.79 Å². The molecule has 0 radical (unpaired) electrons. The molecule has 0 aliphatic carbocycles. The molecule has 6 heteroatoms. The number of hydrogen-bond donors (Lipinski definition) is 3. The van der Waals surface area contributed by atoms with Crippen molar-refractivity contribution >= 4 is 16.9 Å². The van der Waals surface area contributed by atoms with Crippen molar-refractivity contribution in [2.45, 2.75) is 61.4 Å². The Morgan fingerprint density at radius 2 is 1.42 bits per heavy atom. The van der Waals surface area contributed by atoms with E-state index < -0.39 is 11.1 Å². The summed E-state index contributed by atoms with van der Waals surface area (Å²) in [6.45, 7) is 15.3. The van der Waals surface area contributed by atoms with Crippen molar-refractivity contribution in [1.29, 1.82) is 0 Å². The molecule has 2 aromatic rings. The highest BCUT2D eigenvalue weighted by molar-refractivity contribution is 5.74. The second kappa shape index (κ2) is 13.1. The fraction of sp³-hybridized carbons (Fsp3) is 0.500. The monoisotopic (exact) mass is 337 g/mol. The molecule has 1 amide bonds. The number of H-pyrrole nitrogens is 2. The Hall–Kier alpha value is -2.37. The van der Waals surface area contributed by atoms with Gasteiger partial charge in [0.2, 0.25) is 5.91 Å². The van der Waals surface area contributed by atoms with Crippen LogP contribution in [0.5, 0.6) is 0 Å². The summed E-state index contributed by atoms with van der Waals surface area (Å²) in [5, 5.41) is 2.67. The van der Waals surface area contributed by atoms with Gasteiger partial charge < -0.3 is 15.3 Å². The van der Waals surface area contributed by atoms with Crippen molar-refractivity contribution in [1.82, 2.24) is 15.3 Å². The maximum absolute atomic E-state index is 10.9. The van der Waals surface area contributed by atoms with Gasteiger partial charge in [-0.05, 0) is 38.5 Å². The highest BCUT2D eigenvalue weighted by Gasteiger charge is 1.97. The predicted molar refractivity (Wildman–Crippen MR) is 102 cm³/mol. The first-order chi connectivity index (χ1) is 11.3. The molecule has 3 N–H and O–H groups in total. The summed E-state index contributed by atoms with van der Waals surface area (Å²) in [7, 11) is 0. The van der Waals surface area contributed by atoms with Crippen LogP contribution in [0.1, 0.15) is 54.0 Å². The third kappa shape index (κ3) is 9.61. The Kier molecular flexibility index (Phi) is 13.0. The van der Waals surface area contributed by atoms with E-state index in [2.05, 4.69) is 15.3 Å². The third-order valence-corrected chi connectivity index (χ3v) is 2.37. The van der Waals surface area contributed by atoms with Crippen molar-refractivity contribution in [2.24, 2.45) is 0 Å². The van der Waals surface area contributed by atoms with Gasteiger partial charge in [-0.1, -0.05) is 33.8 Å². The SMILES string of the molecule is CC.CC.CC(=O)NC(C)C.Cc1ccc2[nH]c(=O)c(=O)[nH]c2c1. The number of nitrogens with one attached hydrogen (secondary N) is 3. The maximum Gasteiger partial charge on any atom is 0.314 e. The van der Waals surface area contributed by atoms with Crippen molar-refractivity contribution in [2.75, 3.05) is 0 Å². The number of aryl methyl sites for hydroxylation is 1. The summed E-state index contributed by atoms with van der Waals surface area (Å²) in [6, 6.07) is 5.73. The number of aromatic nitrogens is 2. The van der Waals surface area contributed by atoms with Gasteiger partial charge in [-0.3, -0.25) is 14.4 Å². The minimum atomic E-state index is -0.614. The van der Waals surface area contributed by atoms with E-state index in [-0.39, 0.29) is 11.9 Å². The zero-order chi connectivity index (χ0) is 19.3. The van der Waals surface area contributed by atoms with Gasteiger partial charge in [0.25, 0.3) is 0 Å². The summed E-state index contributed by atoms with van der Waals surface area (Å²) in [6.07, 6.45) is 0. The summed E-state index contributed by atoms with van der Waals surface area (Å²) >= 11 is 0. The molecule has 1 aromatic heterocycles. The lowest BCUT2D eigenvalue weighted by molar-refractivity contribution is -0.119. The van der Waals surface area contributed by atoms with Crippen LogP contribution in [-0.4, -0.2) is 21.9 Å². The van der Waals surface area contributed by atoms with Gasteiger partial charge in [-0.25, -0.2) is 0 Å². The molecular formula is C18H31N3O3. The van der Waals surface area contributed by atoms with E-state index >= 15 is 0 Å². The van der Waals surface area contributed by atoms with Crippen LogP contribution in [0.25, 0.3) is 11.0 Å². The lowest BCUT2D eigenvalue weighted by Gasteiger charge is -2.02. The molecular weight excluding hydrogens is 306 g/mol. The van der Waals surface area contributed by atoms with Crippen molar-refractivity contribution in [3.8, 4) is 0 Å². The van der Waals surface area contributed by atoms with Gasteiger partial charge >= 0.3 is 11.1 Å². The molecule has 136 valence electrons. The fourth-order valence-electron chi connectivity index (χ4n) is 1.64. The molecule has 6 nitrogen and oxygen atoms in total. The Labute approximate surface area is 143 Å². The second-order valence-corrected chi connectivity index (χ2v) is 4.81. The second-order valence-electron chi connectivity index (χ2n) is 4.81. The zero-order valence-corrected chi connectivity index (χ0v) is 16.0. The standard InChI is InChI=1S/C9H8N2O2.C5H11NO.2C2H6/c1-5-2-3-6-7(4-5)11-9(13)8(12)10-6;1-4(2)6-5(3)7;2*1-2/h2-4H,1H3,(H,10,12)(H,11,13);4H,1-3H3,(H,6,7);2*1-2H3. The normalized spacial score (nSPS) is 8.88. The van der Waals surface area contributed by atoms with E-state index in [1.54, 1.807) is 6.07 Å². The maximum atomic E-state index is 10.9. The van der Waals surface area contributed by atoms with Crippen LogP contribution >= 0.6 is 0 Å². The van der Waals surface area contributed by atoms with Gasteiger partial charge in [-0.2, -0.15) is 0 Å². The molecule has 1 aromatic carbocycles. The van der Waals surface area contributed by atoms with Gasteiger partial charge in [-0.15, -0.1) is 0 Å². The van der Waals surface area contributed by atoms with E-state index in [0.29, 0.717) is 11.0 Å². The van der Waals surface area contributed by atoms with Crippen molar-refractivity contribution in [3.05, 3.63) is 44.5 Å². The average Bonchev–Trinajstić information content (AvgIpc) is 2.52. The Morgan fingerprint density at radius 1 is 0.958 bits per heavy atom. The molecule has 0 atom stereocenters. The molecule has 2 rings (SSSR count). The molecule has 0 bridgehead atoms. The average molecular weight is 337 g/mol. The Bertz CT molecular complexity index is 715. The molecule has 0 spiro atoms. The lowest BCUT2D eigenvalue weighted by Crippen LogP contribution is -2.28. The zero-order valence-electron chi connectivity index (χ0n) is 16.0. The highest BCUT2D eigenvalue weighted by Crippen LogP contribution is 2.07. The van der Waals surface area contributed by atoms with E-state index in [0.717, 1.165) is 5.56 Å². The first-order valence-electron chi connectivity index (χ1n) is 8.29. The van der Waals surface area contributed by atoms with E-state index in [4.69, 9.17) is 0 Å². The largest absolute Gasteiger partial charge is 0.354 e. The Balaban J connectivity index is 0. The minimum Gasteiger partial charge on any atom is -0.354 e. The highest BCUT2D eigenvalue weighted by atomic mass is 16.2. The summed E-state index contributed by atoms with van der Waals surface area (Å²) in [5.74, 6) is 0.0370. The summed E-state index contributed by atoms with van der Waals surface area (Å²) < 4.78 is 0. The Morgan fingerprint density at radius 3 is 1.79 bits per heavy atom. The van der Waals surface area contributed by atoms with Gasteiger partial charge in [0, 0.05) is 13.0 Å². The molecule has 0 saturated heterocycles. The number of carbonyl (C=O) groups is 1. The van der Waals surface area contributed by atoms with E-state index in [9.17, 15) is 14.4 Å². The number of amides is 1. The molecule has 0 aliphatic rings. The molecule has 0 fully saturated rings. The molecule has 24 heavy (non-hydrogen) atoms. The topological polar surface area (TPSA) is 94.8 Å². The van der Waals surface area contributed by atoms with Crippen LogP contribution in [0.15, 0.2) is 27.8 Å². The quantitative estimate of drug-likeness (QED) is 0.698. The number of benzene rings is 1. The number of carbonyl (C=O) groups excluding carboxylic acids is 1. The molecule has 0 aliphatic heterocycles. The number of rotatable bonds is 1. The summed E-state index contributed by atoms with van der Waals surface area (Å²) in [4.78, 5) is 37.0. The molecule has 0 unspecified atom stereocenters. The van der Waals surface area contributed by atoms with Crippen LogP contribution in [-0.2, 0) is 4.79 Å². The lowest BCUT2D eigenvalue weighted by atomic mass is 10.2. The third-order valence-electron chi connectivity index (χ3n) is 2.37. The van der Waals surface area contributed by atoms with Crippen LogP contribution in [0, 0.1) is 6.92 Å². The summed E-state index contributed by atoms with van der Waals surface area (Å²) in [5.41, 5.74) is 1.12. The molecule has 1 heterocycles. The van der Waals surface area contributed by atoms with Gasteiger partial charge in [0.05, 0.1) is 11.0 Å². The number of fused-ring (bicyclic) bond motifs is 1. The van der Waals surface area contributed by atoms with Crippen molar-refractivity contribution in [3.63, 3.8) is 0 Å². The fourth-order valence-corrected chi connectivity index (χ4v) is 1.64. The van der Waals surface area contributed by atoms with Gasteiger partial charge in [0.15, 0.2) is 0 Å². The van der Waals surface area contributed by atoms with Crippen LogP contribution in [0.4, 0.5) is 0 Å². The minimum absolute atomic E-state index is 0.0370. The number of hydrogen-bond acceptors (Lipinski definition) is 3.